The summed E-state index contributed by atoms with van der Waals surface area (Å²) in [5.41, 5.74) is 0.373. The van der Waals surface area contributed by atoms with Gasteiger partial charge in [-0.1, -0.05) is 0 Å². The van der Waals surface area contributed by atoms with E-state index >= 15 is 0 Å². The number of hydrogen-bond donors (Lipinski definition) is 0. The van der Waals surface area contributed by atoms with Gasteiger partial charge in [-0.2, -0.15) is 0 Å². The summed E-state index contributed by atoms with van der Waals surface area (Å²) in [7, 11) is 3.00. The minimum atomic E-state index is -0.748. The summed E-state index contributed by atoms with van der Waals surface area (Å²) in [5, 5.41) is 0. The summed E-state index contributed by atoms with van der Waals surface area (Å²) in [6.45, 7) is 2.31. The molecule has 0 aliphatic carbocycles. The number of carbonyl (C=O) groups excluding carboxylic acids is 2. The molecule has 7 heteroatoms. The Balaban J connectivity index is 1.81. The van der Waals surface area contributed by atoms with Gasteiger partial charge in [0, 0.05) is 12.2 Å². The number of Topliss-reactive ketones (excluding diaryl/α,β-unsaturated/α-hetero) is 1. The molecule has 1 aromatic carbocycles. The second-order valence-corrected chi connectivity index (χ2v) is 5.71. The number of methoxy groups -OCH3 is 2. The fourth-order valence-electron chi connectivity index (χ4n) is 2.44. The van der Waals surface area contributed by atoms with Gasteiger partial charge < -0.3 is 23.7 Å². The molecule has 1 fully saturated rings. The number of hydrogen-bond acceptors (Lipinski definition) is 7. The van der Waals surface area contributed by atoms with Crippen molar-refractivity contribution in [3.8, 4) is 11.5 Å². The lowest BCUT2D eigenvalue weighted by molar-refractivity contribution is -0.156. The van der Waals surface area contributed by atoms with Crippen LogP contribution in [0.5, 0.6) is 11.5 Å². The van der Waals surface area contributed by atoms with E-state index in [1.165, 1.54) is 14.2 Å². The van der Waals surface area contributed by atoms with Crippen molar-refractivity contribution >= 4 is 11.8 Å². The molecule has 138 valence electrons. The smallest absolute Gasteiger partial charge is 0.335 e. The number of ether oxygens (including phenoxy) is 5. The van der Waals surface area contributed by atoms with Crippen LogP contribution in [0.3, 0.4) is 0 Å². The Morgan fingerprint density at radius 2 is 2.00 bits per heavy atom. The molecule has 1 aliphatic heterocycles. The Hall–Kier alpha value is -2.12. The van der Waals surface area contributed by atoms with Crippen LogP contribution in [-0.2, 0) is 19.0 Å². The summed E-state index contributed by atoms with van der Waals surface area (Å²) < 4.78 is 26.2. The second kappa shape index (κ2) is 9.39. The van der Waals surface area contributed by atoms with Crippen molar-refractivity contribution < 1.29 is 33.3 Å². The van der Waals surface area contributed by atoms with Crippen molar-refractivity contribution in [2.75, 3.05) is 34.0 Å². The van der Waals surface area contributed by atoms with Crippen molar-refractivity contribution in [3.05, 3.63) is 23.8 Å². The second-order valence-electron chi connectivity index (χ2n) is 5.71. The predicted octanol–water partition coefficient (Wildman–Crippen LogP) is 2.01. The molecule has 0 amide bonds. The predicted molar refractivity (Wildman–Crippen MR) is 89.2 cm³/mol. The van der Waals surface area contributed by atoms with Gasteiger partial charge in [0.25, 0.3) is 0 Å². The van der Waals surface area contributed by atoms with Gasteiger partial charge in [0.1, 0.15) is 0 Å². The maximum Gasteiger partial charge on any atom is 0.335 e. The number of carbonyl (C=O) groups is 2. The topological polar surface area (TPSA) is 80.3 Å². The number of ketones is 1. The van der Waals surface area contributed by atoms with E-state index in [0.29, 0.717) is 23.7 Å². The monoisotopic (exact) mass is 352 g/mol. The molecule has 1 saturated heterocycles. The van der Waals surface area contributed by atoms with E-state index in [1.807, 2.05) is 0 Å². The van der Waals surface area contributed by atoms with E-state index in [0.717, 1.165) is 19.4 Å². The Bertz CT molecular complexity index is 593. The van der Waals surface area contributed by atoms with Crippen LogP contribution in [0, 0.1) is 0 Å². The first-order chi connectivity index (χ1) is 12.0. The van der Waals surface area contributed by atoms with Crippen molar-refractivity contribution in [3.63, 3.8) is 0 Å². The minimum Gasteiger partial charge on any atom is -0.493 e. The third-order valence-corrected chi connectivity index (χ3v) is 3.94. The first kappa shape index (κ1) is 19.2. The van der Waals surface area contributed by atoms with Crippen LogP contribution in [0.2, 0.25) is 0 Å². The van der Waals surface area contributed by atoms with E-state index in [9.17, 15) is 9.59 Å². The maximum absolute atomic E-state index is 12.2. The Morgan fingerprint density at radius 3 is 2.64 bits per heavy atom. The summed E-state index contributed by atoms with van der Waals surface area (Å²) in [6, 6.07) is 4.77. The van der Waals surface area contributed by atoms with Gasteiger partial charge in [-0.25, -0.2) is 4.79 Å². The van der Waals surface area contributed by atoms with E-state index in [2.05, 4.69) is 0 Å². The van der Waals surface area contributed by atoms with Crippen molar-refractivity contribution in [2.24, 2.45) is 0 Å². The first-order valence-electron chi connectivity index (χ1n) is 8.20. The van der Waals surface area contributed by atoms with Gasteiger partial charge in [0.05, 0.1) is 26.9 Å². The molecule has 0 aromatic heterocycles. The third-order valence-electron chi connectivity index (χ3n) is 3.94. The number of esters is 1. The van der Waals surface area contributed by atoms with Crippen LogP contribution in [0.4, 0.5) is 0 Å². The number of rotatable bonds is 9. The van der Waals surface area contributed by atoms with Crippen molar-refractivity contribution in [2.45, 2.75) is 32.0 Å². The average Bonchev–Trinajstić information content (AvgIpc) is 3.16. The molecule has 2 unspecified atom stereocenters. The van der Waals surface area contributed by atoms with Crippen LogP contribution >= 0.6 is 0 Å². The van der Waals surface area contributed by atoms with Gasteiger partial charge >= 0.3 is 5.97 Å². The van der Waals surface area contributed by atoms with Crippen LogP contribution in [-0.4, -0.2) is 58.0 Å². The third kappa shape index (κ3) is 5.44. The van der Waals surface area contributed by atoms with Gasteiger partial charge in [0.2, 0.25) is 0 Å². The normalized spacial score (nSPS) is 17.8. The molecule has 2 rings (SSSR count). The lowest BCUT2D eigenvalue weighted by Crippen LogP contribution is -2.28. The van der Waals surface area contributed by atoms with E-state index in [1.54, 1.807) is 25.1 Å². The fraction of sp³-hybridized carbons (Fsp3) is 0.556. The molecule has 1 heterocycles. The SMILES string of the molecule is COc1ccc(C(=O)COC(=O)C(C)OCC2CCCO2)cc1OC. The molecule has 0 saturated carbocycles. The van der Waals surface area contributed by atoms with Gasteiger partial charge in [-0.05, 0) is 38.0 Å². The highest BCUT2D eigenvalue weighted by Crippen LogP contribution is 2.27. The summed E-state index contributed by atoms with van der Waals surface area (Å²) in [5.74, 6) is 0.0487. The molecule has 1 aromatic rings. The average molecular weight is 352 g/mol. The van der Waals surface area contributed by atoms with Crippen LogP contribution in [0.25, 0.3) is 0 Å². The van der Waals surface area contributed by atoms with E-state index < -0.39 is 12.1 Å². The summed E-state index contributed by atoms with van der Waals surface area (Å²) >= 11 is 0. The minimum absolute atomic E-state index is 0.0312. The fourth-order valence-corrected chi connectivity index (χ4v) is 2.44. The molecular weight excluding hydrogens is 328 g/mol. The molecule has 2 atom stereocenters. The Morgan fingerprint density at radius 1 is 1.24 bits per heavy atom. The quantitative estimate of drug-likeness (QED) is 0.497. The van der Waals surface area contributed by atoms with Gasteiger partial charge in [-0.3, -0.25) is 4.79 Å². The maximum atomic E-state index is 12.2. The van der Waals surface area contributed by atoms with Crippen molar-refractivity contribution in [1.29, 1.82) is 0 Å². The molecule has 7 nitrogen and oxygen atoms in total. The van der Waals surface area contributed by atoms with E-state index in [-0.39, 0.29) is 18.5 Å². The zero-order valence-corrected chi connectivity index (χ0v) is 14.8. The first-order valence-corrected chi connectivity index (χ1v) is 8.20. The largest absolute Gasteiger partial charge is 0.493 e. The Kier molecular flexibility index (Phi) is 7.21. The highest BCUT2D eigenvalue weighted by Gasteiger charge is 2.21. The zero-order valence-electron chi connectivity index (χ0n) is 14.8. The summed E-state index contributed by atoms with van der Waals surface area (Å²) in [6.07, 6.45) is 1.22. The zero-order chi connectivity index (χ0) is 18.2. The lowest BCUT2D eigenvalue weighted by atomic mass is 10.1. The molecule has 0 spiro atoms. The molecule has 0 bridgehead atoms. The Labute approximate surface area is 147 Å². The van der Waals surface area contributed by atoms with Gasteiger partial charge in [-0.15, -0.1) is 0 Å². The van der Waals surface area contributed by atoms with Crippen LogP contribution < -0.4 is 9.47 Å². The molecule has 25 heavy (non-hydrogen) atoms. The highest BCUT2D eigenvalue weighted by molar-refractivity contribution is 5.98. The molecule has 1 aliphatic rings. The van der Waals surface area contributed by atoms with Crippen LogP contribution in [0.1, 0.15) is 30.1 Å². The standard InChI is InChI=1S/C18H24O7/c1-12(24-10-14-5-4-8-23-14)18(20)25-11-15(19)13-6-7-16(21-2)17(9-13)22-3/h6-7,9,12,14H,4-5,8,10-11H2,1-3H3. The molecular formula is C18H24O7. The van der Waals surface area contributed by atoms with E-state index in [4.69, 9.17) is 23.7 Å². The molecule has 0 N–H and O–H groups in total. The lowest BCUT2D eigenvalue weighted by Gasteiger charge is -2.15. The highest BCUT2D eigenvalue weighted by atomic mass is 16.6. The van der Waals surface area contributed by atoms with Gasteiger partial charge in [0.15, 0.2) is 30.0 Å². The number of benzene rings is 1. The summed E-state index contributed by atoms with van der Waals surface area (Å²) in [4.78, 5) is 24.1. The molecule has 0 radical (unpaired) electrons. The van der Waals surface area contributed by atoms with Crippen molar-refractivity contribution in [1.82, 2.24) is 0 Å². The van der Waals surface area contributed by atoms with Crippen LogP contribution in [0.15, 0.2) is 18.2 Å².